The molecule has 0 aliphatic carbocycles. The fourth-order valence-electron chi connectivity index (χ4n) is 1.95. The fraction of sp³-hybridized carbons (Fsp3) is 0.667. The number of rotatable bonds is 11. The van der Waals surface area contributed by atoms with Crippen LogP contribution in [0.1, 0.15) is 13.8 Å². The lowest BCUT2D eigenvalue weighted by Crippen LogP contribution is -2.49. The summed E-state index contributed by atoms with van der Waals surface area (Å²) in [5.74, 6) is -2.50. The van der Waals surface area contributed by atoms with E-state index in [4.69, 9.17) is 16.6 Å². The number of nitrogens with zero attached hydrogens (tertiary/aromatic N) is 2. The zero-order valence-electron chi connectivity index (χ0n) is 12.2. The topological polar surface area (TPSA) is 147 Å². The molecular formula is C12H22N4O5. The van der Waals surface area contributed by atoms with E-state index >= 15 is 0 Å². The average Bonchev–Trinajstić information content (AvgIpc) is 2.24. The predicted molar refractivity (Wildman–Crippen MR) is 74.2 cm³/mol. The highest BCUT2D eigenvalue weighted by molar-refractivity contribution is 5.80. The Morgan fingerprint density at radius 2 is 1.52 bits per heavy atom. The summed E-state index contributed by atoms with van der Waals surface area (Å²) in [4.78, 5) is 46.8. The zero-order valence-corrected chi connectivity index (χ0v) is 12.2. The SMILES string of the molecule is CC(=O)CN(CC(N)=O)C[C@H](C)N(CC(N)=O)CC(=O)O. The first-order valence-electron chi connectivity index (χ1n) is 6.36. The molecule has 9 nitrogen and oxygen atoms in total. The second kappa shape index (κ2) is 9.03. The van der Waals surface area contributed by atoms with Crippen molar-refractivity contribution in [3.05, 3.63) is 0 Å². The van der Waals surface area contributed by atoms with Crippen LogP contribution >= 0.6 is 0 Å². The fourth-order valence-corrected chi connectivity index (χ4v) is 1.95. The minimum Gasteiger partial charge on any atom is -0.480 e. The molecule has 2 amide bonds. The number of carbonyl (C=O) groups excluding carboxylic acids is 3. The van der Waals surface area contributed by atoms with Gasteiger partial charge in [0.15, 0.2) is 0 Å². The molecule has 0 aromatic rings. The minimum absolute atomic E-state index is 0.0186. The molecule has 0 aliphatic heterocycles. The third-order valence-electron chi connectivity index (χ3n) is 2.67. The molecule has 0 bridgehead atoms. The van der Waals surface area contributed by atoms with E-state index < -0.39 is 23.8 Å². The summed E-state index contributed by atoms with van der Waals surface area (Å²) in [6.45, 7) is 2.57. The average molecular weight is 302 g/mol. The number of carboxylic acids is 1. The standard InChI is InChI=1S/C12H22N4O5/c1-8(16(6-11(14)19)7-12(20)21)3-15(4-9(2)17)5-10(13)18/h8H,3-7H2,1-2H3,(H2,13,18)(H2,14,19)(H,20,21)/t8-/m0/s1. The second-order valence-corrected chi connectivity index (χ2v) is 4.95. The van der Waals surface area contributed by atoms with E-state index in [1.165, 1.54) is 16.7 Å². The molecule has 21 heavy (non-hydrogen) atoms. The molecule has 0 unspecified atom stereocenters. The number of hydrogen-bond donors (Lipinski definition) is 3. The van der Waals surface area contributed by atoms with Crippen LogP contribution in [0, 0.1) is 0 Å². The molecule has 0 radical (unpaired) electrons. The third-order valence-corrected chi connectivity index (χ3v) is 2.67. The monoisotopic (exact) mass is 302 g/mol. The number of Topliss-reactive ketones (excluding diaryl/α,β-unsaturated/α-hetero) is 1. The Morgan fingerprint density at radius 3 is 1.90 bits per heavy atom. The number of hydrogen-bond acceptors (Lipinski definition) is 6. The van der Waals surface area contributed by atoms with Gasteiger partial charge in [-0.2, -0.15) is 0 Å². The number of ketones is 1. The van der Waals surface area contributed by atoms with Crippen molar-refractivity contribution in [2.75, 3.05) is 32.7 Å². The lowest BCUT2D eigenvalue weighted by Gasteiger charge is -2.30. The van der Waals surface area contributed by atoms with Crippen LogP contribution in [0.25, 0.3) is 0 Å². The Hall–Kier alpha value is -2.00. The summed E-state index contributed by atoms with van der Waals surface area (Å²) >= 11 is 0. The van der Waals surface area contributed by atoms with Gasteiger partial charge in [-0.05, 0) is 13.8 Å². The van der Waals surface area contributed by atoms with Gasteiger partial charge in [0, 0.05) is 12.6 Å². The van der Waals surface area contributed by atoms with Gasteiger partial charge >= 0.3 is 5.97 Å². The zero-order chi connectivity index (χ0) is 16.6. The molecule has 120 valence electrons. The maximum atomic E-state index is 11.2. The number of nitrogens with two attached hydrogens (primary N) is 2. The normalized spacial score (nSPS) is 12.4. The summed E-state index contributed by atoms with van der Waals surface area (Å²) in [5.41, 5.74) is 10.2. The number of primary amides is 2. The quantitative estimate of drug-likeness (QED) is 0.386. The molecule has 0 aromatic carbocycles. The van der Waals surface area contributed by atoms with Crippen molar-refractivity contribution in [3.63, 3.8) is 0 Å². The van der Waals surface area contributed by atoms with Gasteiger partial charge in [-0.15, -0.1) is 0 Å². The van der Waals surface area contributed by atoms with E-state index in [9.17, 15) is 19.2 Å². The number of amides is 2. The van der Waals surface area contributed by atoms with Crippen molar-refractivity contribution in [1.29, 1.82) is 0 Å². The van der Waals surface area contributed by atoms with Crippen LogP contribution in [-0.4, -0.2) is 77.2 Å². The molecule has 0 fully saturated rings. The highest BCUT2D eigenvalue weighted by atomic mass is 16.4. The summed E-state index contributed by atoms with van der Waals surface area (Å²) in [6.07, 6.45) is 0. The van der Waals surface area contributed by atoms with Crippen LogP contribution in [0.5, 0.6) is 0 Å². The molecule has 5 N–H and O–H groups in total. The Labute approximate surface area is 122 Å². The molecule has 0 spiro atoms. The van der Waals surface area contributed by atoms with Crippen molar-refractivity contribution in [2.45, 2.75) is 19.9 Å². The van der Waals surface area contributed by atoms with Gasteiger partial charge in [-0.3, -0.25) is 29.0 Å². The van der Waals surface area contributed by atoms with Gasteiger partial charge in [-0.1, -0.05) is 0 Å². The van der Waals surface area contributed by atoms with E-state index in [0.29, 0.717) is 0 Å². The van der Waals surface area contributed by atoms with Crippen LogP contribution in [0.2, 0.25) is 0 Å². The number of carboxylic acid groups (broad SMARTS) is 1. The van der Waals surface area contributed by atoms with Crippen molar-refractivity contribution in [1.82, 2.24) is 9.80 Å². The molecule has 0 saturated carbocycles. The lowest BCUT2D eigenvalue weighted by atomic mass is 10.2. The lowest BCUT2D eigenvalue weighted by molar-refractivity contribution is -0.139. The largest absolute Gasteiger partial charge is 0.480 e. The van der Waals surface area contributed by atoms with Gasteiger partial charge in [0.2, 0.25) is 11.8 Å². The Bertz CT molecular complexity index is 380. The maximum absolute atomic E-state index is 11.2. The number of aliphatic carboxylic acids is 1. The first-order valence-corrected chi connectivity index (χ1v) is 6.36. The Morgan fingerprint density at radius 1 is 1.00 bits per heavy atom. The van der Waals surface area contributed by atoms with Crippen molar-refractivity contribution < 1.29 is 24.3 Å². The van der Waals surface area contributed by atoms with Gasteiger partial charge in [0.05, 0.1) is 26.2 Å². The summed E-state index contributed by atoms with van der Waals surface area (Å²) in [6, 6.07) is -0.396. The summed E-state index contributed by atoms with van der Waals surface area (Å²) < 4.78 is 0. The molecule has 0 aliphatic rings. The van der Waals surface area contributed by atoms with E-state index in [2.05, 4.69) is 0 Å². The summed E-state index contributed by atoms with van der Waals surface area (Å²) in [5, 5.41) is 8.84. The molecule has 0 rings (SSSR count). The van der Waals surface area contributed by atoms with E-state index in [0.717, 1.165) is 0 Å². The highest BCUT2D eigenvalue weighted by Crippen LogP contribution is 2.02. The first kappa shape index (κ1) is 19.0. The van der Waals surface area contributed by atoms with Gasteiger partial charge in [-0.25, -0.2) is 0 Å². The predicted octanol–water partition coefficient (Wildman–Crippen LogP) is -2.38. The third kappa shape index (κ3) is 9.52. The van der Waals surface area contributed by atoms with Crippen LogP contribution in [-0.2, 0) is 19.2 Å². The van der Waals surface area contributed by atoms with Crippen molar-refractivity contribution in [3.8, 4) is 0 Å². The molecule has 0 aromatic heterocycles. The molecule has 0 saturated heterocycles. The highest BCUT2D eigenvalue weighted by Gasteiger charge is 2.22. The molecule has 0 heterocycles. The smallest absolute Gasteiger partial charge is 0.317 e. The molecule has 9 heteroatoms. The minimum atomic E-state index is -1.10. The molecular weight excluding hydrogens is 280 g/mol. The first-order chi connectivity index (χ1) is 9.61. The van der Waals surface area contributed by atoms with Crippen LogP contribution in [0.15, 0.2) is 0 Å². The maximum Gasteiger partial charge on any atom is 0.317 e. The van der Waals surface area contributed by atoms with Gasteiger partial charge in [0.1, 0.15) is 5.78 Å². The van der Waals surface area contributed by atoms with Crippen molar-refractivity contribution in [2.24, 2.45) is 11.5 Å². The van der Waals surface area contributed by atoms with E-state index in [1.807, 2.05) is 0 Å². The van der Waals surface area contributed by atoms with Gasteiger partial charge in [0.25, 0.3) is 0 Å². The number of carbonyl (C=O) groups is 4. The Balaban J connectivity index is 4.81. The van der Waals surface area contributed by atoms with Crippen LogP contribution < -0.4 is 11.5 Å². The van der Waals surface area contributed by atoms with Crippen LogP contribution in [0.4, 0.5) is 0 Å². The van der Waals surface area contributed by atoms with E-state index in [-0.39, 0.29) is 38.5 Å². The summed E-state index contributed by atoms with van der Waals surface area (Å²) in [7, 11) is 0. The Kier molecular flexibility index (Phi) is 8.17. The van der Waals surface area contributed by atoms with E-state index in [1.54, 1.807) is 6.92 Å². The second-order valence-electron chi connectivity index (χ2n) is 4.95. The van der Waals surface area contributed by atoms with Crippen molar-refractivity contribution >= 4 is 23.6 Å². The van der Waals surface area contributed by atoms with Crippen LogP contribution in [0.3, 0.4) is 0 Å². The van der Waals surface area contributed by atoms with Gasteiger partial charge < -0.3 is 16.6 Å². The molecule has 1 atom stereocenters.